The van der Waals surface area contributed by atoms with Gasteiger partial charge in [0.1, 0.15) is 0 Å². The molecule has 3 rings (SSSR count). The molecular weight excluding hydrogens is 308 g/mol. The quantitative estimate of drug-likeness (QED) is 0.828. The van der Waals surface area contributed by atoms with Crippen molar-refractivity contribution < 1.29 is 4.79 Å². The molecule has 3 heteroatoms. The number of nitrogens with one attached hydrogen (secondary N) is 2. The van der Waals surface area contributed by atoms with Crippen molar-refractivity contribution in [1.29, 1.82) is 0 Å². The highest BCUT2D eigenvalue weighted by molar-refractivity contribution is 5.91. The van der Waals surface area contributed by atoms with Crippen LogP contribution in [0, 0.1) is 11.8 Å². The second-order valence-corrected chi connectivity index (χ2v) is 7.14. The molecule has 0 aromatic heterocycles. The number of hydrogen-bond donors (Lipinski definition) is 2. The predicted octanol–water partition coefficient (Wildman–Crippen LogP) is 4.24. The molecule has 1 atom stereocenters. The normalized spacial score (nSPS) is 16.4. The van der Waals surface area contributed by atoms with Crippen LogP contribution >= 0.6 is 0 Å². The number of para-hydroxylation sites is 1. The van der Waals surface area contributed by atoms with E-state index in [4.69, 9.17) is 0 Å². The van der Waals surface area contributed by atoms with Crippen LogP contribution in [0.2, 0.25) is 0 Å². The lowest BCUT2D eigenvalue weighted by molar-refractivity contribution is -0.117. The van der Waals surface area contributed by atoms with Gasteiger partial charge in [0.25, 0.3) is 0 Å². The summed E-state index contributed by atoms with van der Waals surface area (Å²) in [6.45, 7) is 4.37. The summed E-state index contributed by atoms with van der Waals surface area (Å²) in [5, 5.41) is 6.54. The van der Waals surface area contributed by atoms with E-state index in [0.29, 0.717) is 18.3 Å². The molecule has 2 aromatic rings. The molecule has 0 saturated carbocycles. The SMILES string of the molecule is CC(CC(=O)Nc1ccccc1Cc1ccccc1)C1CCNCC1. The first-order chi connectivity index (χ1) is 12.2. The Kier molecular flexibility index (Phi) is 6.24. The van der Waals surface area contributed by atoms with Crippen molar-refractivity contribution in [3.63, 3.8) is 0 Å². The van der Waals surface area contributed by atoms with Gasteiger partial charge in [-0.1, -0.05) is 55.5 Å². The minimum Gasteiger partial charge on any atom is -0.326 e. The van der Waals surface area contributed by atoms with Crippen molar-refractivity contribution in [2.75, 3.05) is 18.4 Å². The molecule has 1 aliphatic heterocycles. The maximum absolute atomic E-state index is 12.5. The molecule has 0 spiro atoms. The molecule has 132 valence electrons. The van der Waals surface area contributed by atoms with Crippen LogP contribution in [0.25, 0.3) is 0 Å². The zero-order valence-electron chi connectivity index (χ0n) is 15.0. The molecule has 2 aromatic carbocycles. The van der Waals surface area contributed by atoms with Crippen LogP contribution in [0.5, 0.6) is 0 Å². The average Bonchev–Trinajstić information content (AvgIpc) is 2.65. The zero-order chi connectivity index (χ0) is 17.5. The van der Waals surface area contributed by atoms with E-state index in [9.17, 15) is 4.79 Å². The number of piperidine rings is 1. The molecule has 3 nitrogen and oxygen atoms in total. The molecule has 1 unspecified atom stereocenters. The van der Waals surface area contributed by atoms with E-state index in [1.165, 1.54) is 18.4 Å². The first-order valence-electron chi connectivity index (χ1n) is 9.35. The first-order valence-corrected chi connectivity index (χ1v) is 9.35. The maximum atomic E-state index is 12.5. The topological polar surface area (TPSA) is 41.1 Å². The fourth-order valence-corrected chi connectivity index (χ4v) is 3.69. The number of benzene rings is 2. The van der Waals surface area contributed by atoms with E-state index >= 15 is 0 Å². The lowest BCUT2D eigenvalue weighted by atomic mass is 9.84. The highest BCUT2D eigenvalue weighted by Gasteiger charge is 2.22. The van der Waals surface area contributed by atoms with Gasteiger partial charge in [0.2, 0.25) is 5.91 Å². The smallest absolute Gasteiger partial charge is 0.224 e. The number of anilines is 1. The largest absolute Gasteiger partial charge is 0.326 e. The lowest BCUT2D eigenvalue weighted by Gasteiger charge is -2.28. The Morgan fingerprint density at radius 3 is 2.52 bits per heavy atom. The van der Waals surface area contributed by atoms with Gasteiger partial charge >= 0.3 is 0 Å². The zero-order valence-corrected chi connectivity index (χ0v) is 15.0. The minimum atomic E-state index is 0.131. The van der Waals surface area contributed by atoms with Gasteiger partial charge in [0, 0.05) is 12.1 Å². The Balaban J connectivity index is 1.61. The predicted molar refractivity (Wildman–Crippen MR) is 104 cm³/mol. The molecule has 1 fully saturated rings. The highest BCUT2D eigenvalue weighted by Crippen LogP contribution is 2.25. The van der Waals surface area contributed by atoms with E-state index < -0.39 is 0 Å². The number of carbonyl (C=O) groups excluding carboxylic acids is 1. The molecule has 0 bridgehead atoms. The van der Waals surface area contributed by atoms with Crippen LogP contribution in [0.1, 0.15) is 37.3 Å². The van der Waals surface area contributed by atoms with Gasteiger partial charge in [-0.2, -0.15) is 0 Å². The van der Waals surface area contributed by atoms with E-state index in [1.54, 1.807) is 0 Å². The van der Waals surface area contributed by atoms with Gasteiger partial charge in [-0.3, -0.25) is 4.79 Å². The third-order valence-corrected chi connectivity index (χ3v) is 5.22. The van der Waals surface area contributed by atoms with Crippen LogP contribution in [0.3, 0.4) is 0 Å². The molecule has 25 heavy (non-hydrogen) atoms. The second kappa shape index (κ2) is 8.82. The monoisotopic (exact) mass is 336 g/mol. The van der Waals surface area contributed by atoms with Crippen LogP contribution in [0.15, 0.2) is 54.6 Å². The van der Waals surface area contributed by atoms with Crippen molar-refractivity contribution >= 4 is 11.6 Å². The van der Waals surface area contributed by atoms with E-state index in [-0.39, 0.29) is 5.91 Å². The van der Waals surface area contributed by atoms with Gasteiger partial charge < -0.3 is 10.6 Å². The highest BCUT2D eigenvalue weighted by atomic mass is 16.1. The molecular formula is C22H28N2O. The number of hydrogen-bond acceptors (Lipinski definition) is 2. The summed E-state index contributed by atoms with van der Waals surface area (Å²) in [6.07, 6.45) is 3.80. The molecule has 0 aliphatic carbocycles. The number of rotatable bonds is 6. The summed E-state index contributed by atoms with van der Waals surface area (Å²) in [5.41, 5.74) is 3.36. The average molecular weight is 336 g/mol. The molecule has 1 heterocycles. The molecule has 1 amide bonds. The fraction of sp³-hybridized carbons (Fsp3) is 0.409. The number of carbonyl (C=O) groups is 1. The van der Waals surface area contributed by atoms with Gasteiger partial charge in [-0.15, -0.1) is 0 Å². The Hall–Kier alpha value is -2.13. The summed E-state index contributed by atoms with van der Waals surface area (Å²) in [6, 6.07) is 18.5. The first kappa shape index (κ1) is 17.7. The van der Waals surface area contributed by atoms with E-state index in [0.717, 1.165) is 30.8 Å². The van der Waals surface area contributed by atoms with Crippen molar-refractivity contribution in [2.24, 2.45) is 11.8 Å². The summed E-state index contributed by atoms with van der Waals surface area (Å²) < 4.78 is 0. The van der Waals surface area contributed by atoms with Crippen LogP contribution in [-0.2, 0) is 11.2 Å². The van der Waals surface area contributed by atoms with Crippen molar-refractivity contribution in [3.05, 3.63) is 65.7 Å². The third kappa shape index (κ3) is 5.17. The third-order valence-electron chi connectivity index (χ3n) is 5.22. The van der Waals surface area contributed by atoms with E-state index in [1.807, 2.05) is 24.3 Å². The lowest BCUT2D eigenvalue weighted by Crippen LogP contribution is -2.32. The van der Waals surface area contributed by atoms with Gasteiger partial charge in [-0.05, 0) is 61.4 Å². The Bertz CT molecular complexity index is 677. The standard InChI is InChI=1S/C22H28N2O/c1-17(19-11-13-23-14-12-19)15-22(25)24-21-10-6-5-9-20(21)16-18-7-3-2-4-8-18/h2-10,17,19,23H,11-16H2,1H3,(H,24,25). The Morgan fingerprint density at radius 1 is 1.08 bits per heavy atom. The summed E-state index contributed by atoms with van der Waals surface area (Å²) in [7, 11) is 0. The van der Waals surface area contributed by atoms with Crippen LogP contribution < -0.4 is 10.6 Å². The Labute approximate surface area is 150 Å². The summed E-state index contributed by atoms with van der Waals surface area (Å²) >= 11 is 0. The Morgan fingerprint density at radius 2 is 1.76 bits per heavy atom. The van der Waals surface area contributed by atoms with E-state index in [2.05, 4.69) is 47.9 Å². The van der Waals surface area contributed by atoms with Crippen LogP contribution in [-0.4, -0.2) is 19.0 Å². The molecule has 2 N–H and O–H groups in total. The van der Waals surface area contributed by atoms with Crippen molar-refractivity contribution in [2.45, 2.75) is 32.6 Å². The van der Waals surface area contributed by atoms with Crippen molar-refractivity contribution in [1.82, 2.24) is 5.32 Å². The van der Waals surface area contributed by atoms with Crippen LogP contribution in [0.4, 0.5) is 5.69 Å². The van der Waals surface area contributed by atoms with Crippen molar-refractivity contribution in [3.8, 4) is 0 Å². The van der Waals surface area contributed by atoms with Gasteiger partial charge in [-0.25, -0.2) is 0 Å². The molecule has 1 aliphatic rings. The number of amides is 1. The molecule has 0 radical (unpaired) electrons. The van der Waals surface area contributed by atoms with Gasteiger partial charge in [0.15, 0.2) is 0 Å². The summed E-state index contributed by atoms with van der Waals surface area (Å²) in [5.74, 6) is 1.22. The minimum absolute atomic E-state index is 0.131. The van der Waals surface area contributed by atoms with Gasteiger partial charge in [0.05, 0.1) is 0 Å². The molecule has 1 saturated heterocycles. The maximum Gasteiger partial charge on any atom is 0.224 e. The summed E-state index contributed by atoms with van der Waals surface area (Å²) in [4.78, 5) is 12.5. The fourth-order valence-electron chi connectivity index (χ4n) is 3.69. The second-order valence-electron chi connectivity index (χ2n) is 7.14.